The fourth-order valence-electron chi connectivity index (χ4n) is 0.841. The van der Waals surface area contributed by atoms with Crippen molar-refractivity contribution in [3.05, 3.63) is 33.2 Å². The van der Waals surface area contributed by atoms with E-state index in [1.54, 1.807) is 6.20 Å². The highest BCUT2D eigenvalue weighted by Gasteiger charge is 2.00. The normalized spacial score (nSPS) is 10.0. The maximum atomic E-state index is 11.2. The number of hydrogen-bond acceptors (Lipinski definition) is 2. The summed E-state index contributed by atoms with van der Waals surface area (Å²) >= 11 is 5.56. The molecule has 0 fully saturated rings. The van der Waals surface area contributed by atoms with Gasteiger partial charge < -0.3 is 10.7 Å². The smallest absolute Gasteiger partial charge is 0.203 e. The van der Waals surface area contributed by atoms with Crippen LogP contribution in [0.25, 0.3) is 0 Å². The molecule has 0 spiro atoms. The summed E-state index contributed by atoms with van der Waals surface area (Å²) < 4.78 is 0. The van der Waals surface area contributed by atoms with Crippen molar-refractivity contribution in [1.29, 1.82) is 0 Å². The molecule has 0 radical (unpaired) electrons. The van der Waals surface area contributed by atoms with Crippen LogP contribution in [0.1, 0.15) is 5.56 Å². The Morgan fingerprint density at radius 2 is 2.27 bits per heavy atom. The molecule has 1 rings (SSSR count). The molecule has 0 aliphatic carbocycles. The molecule has 0 aliphatic heterocycles. The Hall–Kier alpha value is -0.800. The van der Waals surface area contributed by atoms with Crippen molar-refractivity contribution < 1.29 is 0 Å². The van der Waals surface area contributed by atoms with Crippen molar-refractivity contribution in [2.75, 3.05) is 6.54 Å². The summed E-state index contributed by atoms with van der Waals surface area (Å²) in [6.45, 7) is 0.462. The van der Waals surface area contributed by atoms with Crippen LogP contribution in [-0.4, -0.2) is 11.5 Å². The molecule has 0 bridgehead atoms. The second kappa shape index (κ2) is 3.55. The molecule has 0 atom stereocenters. The Kier molecular flexibility index (Phi) is 2.68. The zero-order valence-corrected chi connectivity index (χ0v) is 6.69. The first kappa shape index (κ1) is 8.30. The van der Waals surface area contributed by atoms with Gasteiger partial charge >= 0.3 is 0 Å². The molecule has 0 amide bonds. The van der Waals surface area contributed by atoms with Gasteiger partial charge in [-0.3, -0.25) is 4.79 Å². The summed E-state index contributed by atoms with van der Waals surface area (Å²) in [5.74, 6) is 0. The van der Waals surface area contributed by atoms with E-state index in [4.69, 9.17) is 17.3 Å². The molecule has 3 N–H and O–H groups in total. The summed E-state index contributed by atoms with van der Waals surface area (Å²) in [5, 5.41) is 0.218. The number of halogens is 1. The summed E-state index contributed by atoms with van der Waals surface area (Å²) in [6.07, 6.45) is 3.65. The molecule has 60 valence electrons. The summed E-state index contributed by atoms with van der Waals surface area (Å²) in [4.78, 5) is 13.9. The molecule has 0 saturated carbocycles. The van der Waals surface area contributed by atoms with E-state index in [9.17, 15) is 4.79 Å². The van der Waals surface area contributed by atoms with Crippen LogP contribution in [0.2, 0.25) is 5.02 Å². The Morgan fingerprint density at radius 3 is 2.91 bits per heavy atom. The van der Waals surface area contributed by atoms with E-state index in [-0.39, 0.29) is 10.5 Å². The minimum absolute atomic E-state index is 0.129. The molecule has 1 aromatic rings. The summed E-state index contributed by atoms with van der Waals surface area (Å²) in [7, 11) is 0. The molecular formula is C7H9ClN2O. The van der Waals surface area contributed by atoms with Crippen LogP contribution in [-0.2, 0) is 6.42 Å². The molecule has 4 heteroatoms. The van der Waals surface area contributed by atoms with Crippen molar-refractivity contribution >= 4 is 11.6 Å². The standard InChI is InChI=1S/C7H9ClN2O/c8-6-4-10-3-5(1-2-9)7(6)11/h3-4H,1-2,9H2,(H,10,11). The Labute approximate surface area is 69.2 Å². The number of hydrogen-bond donors (Lipinski definition) is 2. The summed E-state index contributed by atoms with van der Waals surface area (Å²) in [5.41, 5.74) is 5.79. The van der Waals surface area contributed by atoms with Gasteiger partial charge in [-0.05, 0) is 13.0 Å². The Morgan fingerprint density at radius 1 is 1.55 bits per heavy atom. The quantitative estimate of drug-likeness (QED) is 0.684. The van der Waals surface area contributed by atoms with E-state index in [1.807, 2.05) is 0 Å². The SMILES string of the molecule is NCCc1c[nH]cc(Cl)c1=O. The van der Waals surface area contributed by atoms with Crippen molar-refractivity contribution in [2.45, 2.75) is 6.42 Å². The van der Waals surface area contributed by atoms with Gasteiger partial charge in [-0.25, -0.2) is 0 Å². The number of rotatable bonds is 2. The first-order valence-corrected chi connectivity index (χ1v) is 3.69. The van der Waals surface area contributed by atoms with E-state index in [0.717, 1.165) is 0 Å². The van der Waals surface area contributed by atoms with Crippen LogP contribution in [0.3, 0.4) is 0 Å². The monoisotopic (exact) mass is 172 g/mol. The lowest BCUT2D eigenvalue weighted by Crippen LogP contribution is -2.14. The van der Waals surface area contributed by atoms with Gasteiger partial charge in [0.25, 0.3) is 0 Å². The van der Waals surface area contributed by atoms with E-state index in [0.29, 0.717) is 18.5 Å². The van der Waals surface area contributed by atoms with E-state index in [1.165, 1.54) is 6.20 Å². The van der Waals surface area contributed by atoms with Gasteiger partial charge in [0, 0.05) is 18.0 Å². The molecule has 1 heterocycles. The number of nitrogens with one attached hydrogen (secondary N) is 1. The Bertz CT molecular complexity index is 295. The zero-order valence-electron chi connectivity index (χ0n) is 5.93. The molecule has 0 unspecified atom stereocenters. The number of nitrogens with two attached hydrogens (primary N) is 1. The van der Waals surface area contributed by atoms with E-state index >= 15 is 0 Å². The third-order valence-corrected chi connectivity index (χ3v) is 1.67. The van der Waals surface area contributed by atoms with Gasteiger partial charge in [0.1, 0.15) is 5.02 Å². The second-order valence-electron chi connectivity index (χ2n) is 2.20. The predicted molar refractivity (Wildman–Crippen MR) is 44.8 cm³/mol. The van der Waals surface area contributed by atoms with E-state index < -0.39 is 0 Å². The largest absolute Gasteiger partial charge is 0.366 e. The van der Waals surface area contributed by atoms with Gasteiger partial charge in [-0.1, -0.05) is 11.6 Å². The molecule has 0 aromatic carbocycles. The number of H-pyrrole nitrogens is 1. The zero-order chi connectivity index (χ0) is 8.27. The average Bonchev–Trinajstić information content (AvgIpc) is 1.99. The van der Waals surface area contributed by atoms with Gasteiger partial charge in [0.05, 0.1) is 0 Å². The van der Waals surface area contributed by atoms with Crippen LogP contribution in [0.4, 0.5) is 0 Å². The maximum Gasteiger partial charge on any atom is 0.203 e. The fraction of sp³-hybridized carbons (Fsp3) is 0.286. The molecule has 3 nitrogen and oxygen atoms in total. The topological polar surface area (TPSA) is 58.9 Å². The minimum Gasteiger partial charge on any atom is -0.366 e. The van der Waals surface area contributed by atoms with Crippen molar-refractivity contribution in [3.8, 4) is 0 Å². The first-order valence-electron chi connectivity index (χ1n) is 3.31. The highest BCUT2D eigenvalue weighted by Crippen LogP contribution is 1.99. The molecular weight excluding hydrogens is 164 g/mol. The van der Waals surface area contributed by atoms with Crippen LogP contribution in [0.15, 0.2) is 17.2 Å². The van der Waals surface area contributed by atoms with E-state index in [2.05, 4.69) is 4.98 Å². The maximum absolute atomic E-state index is 11.2. The average molecular weight is 173 g/mol. The van der Waals surface area contributed by atoms with Gasteiger partial charge in [-0.15, -0.1) is 0 Å². The molecule has 0 saturated heterocycles. The molecule has 0 aliphatic rings. The van der Waals surface area contributed by atoms with Crippen LogP contribution in [0.5, 0.6) is 0 Å². The molecule has 11 heavy (non-hydrogen) atoms. The lowest BCUT2D eigenvalue weighted by Gasteiger charge is -1.96. The van der Waals surface area contributed by atoms with Crippen molar-refractivity contribution in [3.63, 3.8) is 0 Å². The highest BCUT2D eigenvalue weighted by molar-refractivity contribution is 6.30. The lowest BCUT2D eigenvalue weighted by atomic mass is 10.2. The molecule has 1 aromatic heterocycles. The fourth-order valence-corrected chi connectivity index (χ4v) is 1.03. The van der Waals surface area contributed by atoms with Crippen molar-refractivity contribution in [2.24, 2.45) is 5.73 Å². The summed E-state index contributed by atoms with van der Waals surface area (Å²) in [6, 6.07) is 0. The number of pyridine rings is 1. The third-order valence-electron chi connectivity index (χ3n) is 1.39. The van der Waals surface area contributed by atoms with Crippen LogP contribution < -0.4 is 11.2 Å². The number of aromatic nitrogens is 1. The van der Waals surface area contributed by atoms with Crippen molar-refractivity contribution in [1.82, 2.24) is 4.98 Å². The third kappa shape index (κ3) is 1.82. The lowest BCUT2D eigenvalue weighted by molar-refractivity contribution is 0.948. The number of aromatic amines is 1. The predicted octanol–water partition coefficient (Wildman–Crippen LogP) is 0.529. The van der Waals surface area contributed by atoms with Crippen LogP contribution in [0, 0.1) is 0 Å². The Balaban J connectivity index is 3.07. The minimum atomic E-state index is -0.129. The van der Waals surface area contributed by atoms with Crippen LogP contribution >= 0.6 is 11.6 Å². The first-order chi connectivity index (χ1) is 5.25. The highest BCUT2D eigenvalue weighted by atomic mass is 35.5. The van der Waals surface area contributed by atoms with Gasteiger partial charge in [0.2, 0.25) is 5.43 Å². The second-order valence-corrected chi connectivity index (χ2v) is 2.60. The van der Waals surface area contributed by atoms with Gasteiger partial charge in [0.15, 0.2) is 0 Å². The van der Waals surface area contributed by atoms with Gasteiger partial charge in [-0.2, -0.15) is 0 Å².